The third kappa shape index (κ3) is 7.55. The van der Waals surface area contributed by atoms with Gasteiger partial charge in [0.15, 0.2) is 18.0 Å². The second kappa shape index (κ2) is 14.5. The van der Waals surface area contributed by atoms with Crippen molar-refractivity contribution in [1.29, 1.82) is 5.26 Å². The van der Waals surface area contributed by atoms with Crippen LogP contribution in [0.3, 0.4) is 0 Å². The molecule has 1 aromatic carbocycles. The molecule has 1 aliphatic heterocycles. The van der Waals surface area contributed by atoms with Crippen molar-refractivity contribution in [1.82, 2.24) is 19.7 Å². The lowest BCUT2D eigenvalue weighted by molar-refractivity contribution is -0.173. The van der Waals surface area contributed by atoms with Crippen LogP contribution < -0.4 is 15.3 Å². The molecule has 1 saturated heterocycles. The summed E-state index contributed by atoms with van der Waals surface area (Å²) >= 11 is 0. The minimum Gasteiger partial charge on any atom is -0.468 e. The van der Waals surface area contributed by atoms with Crippen LogP contribution in [0.4, 0.5) is 5.82 Å². The Bertz CT molecular complexity index is 1690. The molecule has 2 aromatic heterocycles. The lowest BCUT2D eigenvalue weighted by atomic mass is 9.92. The van der Waals surface area contributed by atoms with E-state index < -0.39 is 74.1 Å². The molecule has 3 heterocycles. The molecule has 3 N–H and O–H groups in total. The summed E-state index contributed by atoms with van der Waals surface area (Å²) in [4.78, 5) is 42.3. The topological polar surface area (TPSA) is 216 Å². The summed E-state index contributed by atoms with van der Waals surface area (Å²) in [6.07, 6.45) is -3.23. The first-order valence-corrected chi connectivity index (χ1v) is 16.2. The van der Waals surface area contributed by atoms with Crippen molar-refractivity contribution in [3.05, 3.63) is 54.5 Å². The summed E-state index contributed by atoms with van der Waals surface area (Å²) < 4.78 is 49.7. The Morgan fingerprint density at radius 2 is 1.72 bits per heavy atom. The third-order valence-electron chi connectivity index (χ3n) is 7.15. The number of hydrogen-bond donors (Lipinski definition) is 2. The summed E-state index contributed by atoms with van der Waals surface area (Å²) in [6, 6.07) is 12.0. The number of nitrogens with zero attached hydrogens (tertiary/aromatic N) is 4. The van der Waals surface area contributed by atoms with Crippen LogP contribution in [0.25, 0.3) is 5.52 Å². The quantitative estimate of drug-likeness (QED) is 0.152. The molecule has 1 aliphatic rings. The predicted octanol–water partition coefficient (Wildman–Crippen LogP) is 2.92. The van der Waals surface area contributed by atoms with Gasteiger partial charge in [0.1, 0.15) is 35.8 Å². The molecular formula is C30H37N6O10P. The highest BCUT2D eigenvalue weighted by Crippen LogP contribution is 2.48. The number of ether oxygens (including phenoxy) is 4. The predicted molar refractivity (Wildman–Crippen MR) is 164 cm³/mol. The second-order valence-corrected chi connectivity index (χ2v) is 13.0. The first-order valence-electron chi connectivity index (χ1n) is 14.7. The van der Waals surface area contributed by atoms with E-state index in [-0.39, 0.29) is 17.3 Å². The molecule has 0 saturated carbocycles. The number of para-hydroxylation sites is 1. The van der Waals surface area contributed by atoms with E-state index in [4.69, 9.17) is 33.7 Å². The number of esters is 3. The molecule has 252 valence electrons. The highest BCUT2D eigenvalue weighted by Gasteiger charge is 2.63. The fourth-order valence-electron chi connectivity index (χ4n) is 4.68. The summed E-state index contributed by atoms with van der Waals surface area (Å²) in [5.41, 5.74) is 4.30. The molecule has 0 amide bonds. The van der Waals surface area contributed by atoms with Crippen molar-refractivity contribution in [2.45, 2.75) is 64.6 Å². The zero-order chi connectivity index (χ0) is 34.5. The van der Waals surface area contributed by atoms with Gasteiger partial charge in [-0.05, 0) is 31.2 Å². The number of rotatable bonds is 13. The van der Waals surface area contributed by atoms with E-state index in [1.165, 1.54) is 36.0 Å². The van der Waals surface area contributed by atoms with Gasteiger partial charge in [-0.2, -0.15) is 15.4 Å². The maximum absolute atomic E-state index is 14.1. The average Bonchev–Trinajstić information content (AvgIpc) is 3.60. The summed E-state index contributed by atoms with van der Waals surface area (Å²) in [6.45, 7) is 7.12. The number of fused-ring (bicyclic) bond motifs is 1. The Balaban J connectivity index is 1.80. The minimum atomic E-state index is -4.42. The molecule has 0 aliphatic carbocycles. The lowest BCUT2D eigenvalue weighted by Gasteiger charge is -2.29. The van der Waals surface area contributed by atoms with Crippen molar-refractivity contribution in [2.24, 2.45) is 11.8 Å². The van der Waals surface area contributed by atoms with Gasteiger partial charge >= 0.3 is 25.7 Å². The van der Waals surface area contributed by atoms with Crippen molar-refractivity contribution >= 4 is 37.0 Å². The van der Waals surface area contributed by atoms with Gasteiger partial charge in [-0.1, -0.05) is 45.9 Å². The van der Waals surface area contributed by atoms with E-state index in [1.807, 2.05) is 0 Å². The van der Waals surface area contributed by atoms with E-state index in [0.29, 0.717) is 5.52 Å². The van der Waals surface area contributed by atoms with Crippen LogP contribution in [0.5, 0.6) is 5.75 Å². The van der Waals surface area contributed by atoms with Gasteiger partial charge in [-0.15, -0.1) is 0 Å². The molecule has 0 unspecified atom stereocenters. The highest BCUT2D eigenvalue weighted by atomic mass is 31.2. The highest BCUT2D eigenvalue weighted by molar-refractivity contribution is 7.52. The number of anilines is 1. The van der Waals surface area contributed by atoms with Crippen LogP contribution in [-0.4, -0.2) is 70.6 Å². The minimum absolute atomic E-state index is 0.0832. The standard InChI is InChI=1S/C30H37N6O10P/c1-17(2)27(37)43-24-22(14-42-47(40,35-19(5)29(39)41-6)46-20-10-8-7-9-11-20)45-30(15-31,25(24)44-28(38)18(3)4)23-13-12-21-26(32)33-16-34-36(21)23/h7-13,16-19,22,24-25H,14H2,1-6H3,(H,35,40)(H2,32,33,34)/t19-,22+,24+,25+,30-,47-/m0/s1. The first kappa shape index (κ1) is 35.3. The van der Waals surface area contributed by atoms with Gasteiger partial charge in [0.2, 0.25) is 5.60 Å². The Kier molecular flexibility index (Phi) is 10.9. The van der Waals surface area contributed by atoms with E-state index in [2.05, 4.69) is 21.2 Å². The second-order valence-electron chi connectivity index (χ2n) is 11.3. The van der Waals surface area contributed by atoms with Crippen LogP contribution >= 0.6 is 7.75 Å². The average molecular weight is 673 g/mol. The number of methoxy groups -OCH3 is 1. The van der Waals surface area contributed by atoms with Crippen molar-refractivity contribution in [3.63, 3.8) is 0 Å². The molecule has 6 atom stereocenters. The van der Waals surface area contributed by atoms with Crippen LogP contribution in [0.2, 0.25) is 0 Å². The Hall–Kier alpha value is -4.55. The summed E-state index contributed by atoms with van der Waals surface area (Å²) in [5.74, 6) is -3.21. The van der Waals surface area contributed by atoms with E-state index in [9.17, 15) is 24.2 Å². The number of benzene rings is 1. The Morgan fingerprint density at radius 3 is 2.34 bits per heavy atom. The Morgan fingerprint density at radius 1 is 1.06 bits per heavy atom. The van der Waals surface area contributed by atoms with Gasteiger partial charge in [0.25, 0.3) is 0 Å². The van der Waals surface area contributed by atoms with Crippen LogP contribution in [-0.2, 0) is 48.0 Å². The molecule has 0 spiro atoms. The number of carbonyl (C=O) groups is 3. The van der Waals surface area contributed by atoms with Gasteiger partial charge in [0.05, 0.1) is 31.2 Å². The van der Waals surface area contributed by atoms with Gasteiger partial charge in [-0.25, -0.2) is 14.1 Å². The van der Waals surface area contributed by atoms with Crippen molar-refractivity contribution in [3.8, 4) is 11.8 Å². The molecule has 1 fully saturated rings. The fraction of sp³-hybridized carbons (Fsp3) is 0.467. The van der Waals surface area contributed by atoms with Gasteiger partial charge in [-0.3, -0.25) is 18.9 Å². The smallest absolute Gasteiger partial charge is 0.459 e. The fourth-order valence-corrected chi connectivity index (χ4v) is 6.19. The number of nitrogens with one attached hydrogen (secondary N) is 1. The van der Waals surface area contributed by atoms with E-state index >= 15 is 0 Å². The largest absolute Gasteiger partial charge is 0.468 e. The van der Waals surface area contributed by atoms with Crippen molar-refractivity contribution < 1.29 is 46.9 Å². The molecular weight excluding hydrogens is 635 g/mol. The number of nitrogen functional groups attached to an aromatic ring is 1. The van der Waals surface area contributed by atoms with Crippen LogP contribution in [0, 0.1) is 23.2 Å². The maximum Gasteiger partial charge on any atom is 0.459 e. The lowest BCUT2D eigenvalue weighted by Crippen LogP contribution is -2.47. The van der Waals surface area contributed by atoms with Gasteiger partial charge in [0, 0.05) is 0 Å². The van der Waals surface area contributed by atoms with Crippen LogP contribution in [0.1, 0.15) is 40.3 Å². The summed E-state index contributed by atoms with van der Waals surface area (Å²) in [7, 11) is -3.26. The third-order valence-corrected chi connectivity index (χ3v) is 8.80. The van der Waals surface area contributed by atoms with E-state index in [0.717, 1.165) is 7.11 Å². The maximum atomic E-state index is 14.1. The number of hydrogen-bond acceptors (Lipinski definition) is 14. The van der Waals surface area contributed by atoms with E-state index in [1.54, 1.807) is 52.0 Å². The first-order chi connectivity index (χ1) is 22.2. The molecule has 17 heteroatoms. The monoisotopic (exact) mass is 672 g/mol. The molecule has 16 nitrogen and oxygen atoms in total. The Labute approximate surface area is 271 Å². The summed E-state index contributed by atoms with van der Waals surface area (Å²) in [5, 5.41) is 17.5. The normalized spacial score (nSPS) is 22.7. The zero-order valence-electron chi connectivity index (χ0n) is 26.7. The number of aromatic nitrogens is 3. The van der Waals surface area contributed by atoms with Gasteiger partial charge < -0.3 is 29.2 Å². The molecule has 4 rings (SSSR count). The molecule has 47 heavy (non-hydrogen) atoms. The zero-order valence-corrected chi connectivity index (χ0v) is 27.6. The molecule has 0 bridgehead atoms. The van der Waals surface area contributed by atoms with Crippen LogP contribution in [0.15, 0.2) is 48.8 Å². The van der Waals surface area contributed by atoms with Crippen molar-refractivity contribution in [2.75, 3.05) is 19.5 Å². The number of nitriles is 1. The number of carbonyl (C=O) groups excluding carboxylic acids is 3. The SMILES string of the molecule is COC(=O)[C@H](C)N[P@](=O)(OC[C@H]1O[C@@](C#N)(c2ccc3c(N)ncnn23)[C@H](OC(=O)C(C)C)[C@@H]1OC(=O)C(C)C)Oc1ccccc1. The molecule has 0 radical (unpaired) electrons. The number of nitrogens with two attached hydrogens (primary N) is 1. The molecule has 3 aromatic rings.